The number of Topliss-reactive ketones (excluding diaryl/α,β-unsaturated/α-hetero) is 1. The van der Waals surface area contributed by atoms with E-state index in [0.29, 0.717) is 34.4 Å². The molecule has 0 spiro atoms. The molecule has 4 rings (SSSR count). The van der Waals surface area contributed by atoms with Gasteiger partial charge in [0.2, 0.25) is 0 Å². The summed E-state index contributed by atoms with van der Waals surface area (Å²) in [6.07, 6.45) is -3.27. The second kappa shape index (κ2) is 10.6. The number of alkyl halides is 3. The van der Waals surface area contributed by atoms with Gasteiger partial charge >= 0.3 is 6.18 Å². The van der Waals surface area contributed by atoms with Crippen molar-refractivity contribution in [3.05, 3.63) is 81.8 Å². The first-order valence-corrected chi connectivity index (χ1v) is 11.9. The van der Waals surface area contributed by atoms with Crippen LogP contribution in [0.4, 0.5) is 19.0 Å². The highest BCUT2D eigenvalue weighted by atomic mass is 19.4. The van der Waals surface area contributed by atoms with Gasteiger partial charge in [0.25, 0.3) is 0 Å². The van der Waals surface area contributed by atoms with Gasteiger partial charge in [0, 0.05) is 30.7 Å². The average Bonchev–Trinajstić information content (AvgIpc) is 3.22. The monoisotopic (exact) mass is 521 g/mol. The van der Waals surface area contributed by atoms with Crippen LogP contribution < -0.4 is 5.73 Å². The van der Waals surface area contributed by atoms with Crippen LogP contribution in [0.5, 0.6) is 0 Å². The molecule has 2 heterocycles. The van der Waals surface area contributed by atoms with Crippen LogP contribution in [0, 0.1) is 31.6 Å². The first-order valence-electron chi connectivity index (χ1n) is 11.9. The summed E-state index contributed by atoms with van der Waals surface area (Å²) in [7, 11) is 0. The number of carbonyl (C=O) groups excluding carboxylic acids is 1. The number of carbonyl (C=O) groups is 1. The van der Waals surface area contributed by atoms with Crippen LogP contribution in [0.1, 0.15) is 50.8 Å². The van der Waals surface area contributed by atoms with E-state index in [1.807, 2.05) is 13.8 Å². The van der Waals surface area contributed by atoms with E-state index in [-0.39, 0.29) is 35.9 Å². The van der Waals surface area contributed by atoms with Crippen molar-refractivity contribution < 1.29 is 23.1 Å². The van der Waals surface area contributed by atoms with Crippen molar-refractivity contribution in [1.82, 2.24) is 19.7 Å². The SMILES string of the molecule is Cc1ccc(CC(=O)c2ccc(C)c(C(F)(F)F)c2)cc1C#Cc1nn(C[C@@H](C)CO)c2ncnc(N)c12. The van der Waals surface area contributed by atoms with E-state index < -0.39 is 17.5 Å². The van der Waals surface area contributed by atoms with Gasteiger partial charge in [0.05, 0.1) is 10.9 Å². The van der Waals surface area contributed by atoms with Gasteiger partial charge in [-0.2, -0.15) is 18.3 Å². The van der Waals surface area contributed by atoms with E-state index in [1.54, 1.807) is 22.9 Å². The zero-order chi connectivity index (χ0) is 27.6. The largest absolute Gasteiger partial charge is 0.416 e. The molecular formula is C28H26F3N5O2. The van der Waals surface area contributed by atoms with E-state index in [2.05, 4.69) is 26.9 Å². The Hall–Kier alpha value is -4.23. The summed E-state index contributed by atoms with van der Waals surface area (Å²) in [5.74, 6) is 5.84. The van der Waals surface area contributed by atoms with Gasteiger partial charge in [0.15, 0.2) is 11.4 Å². The number of nitrogens with zero attached hydrogens (tertiary/aromatic N) is 4. The number of hydrogen-bond acceptors (Lipinski definition) is 6. The van der Waals surface area contributed by atoms with Crippen molar-refractivity contribution in [2.75, 3.05) is 12.3 Å². The number of aryl methyl sites for hydroxylation is 2. The van der Waals surface area contributed by atoms with Gasteiger partial charge in [-0.1, -0.05) is 37.1 Å². The Morgan fingerprint density at radius 3 is 2.55 bits per heavy atom. The molecule has 0 unspecified atom stereocenters. The lowest BCUT2D eigenvalue weighted by molar-refractivity contribution is -0.138. The Labute approximate surface area is 217 Å². The van der Waals surface area contributed by atoms with Crippen LogP contribution in [-0.4, -0.2) is 37.2 Å². The van der Waals surface area contributed by atoms with Crippen molar-refractivity contribution in [3.63, 3.8) is 0 Å². The van der Waals surface area contributed by atoms with E-state index in [9.17, 15) is 23.1 Å². The lowest BCUT2D eigenvalue weighted by Crippen LogP contribution is -2.12. The van der Waals surface area contributed by atoms with E-state index in [0.717, 1.165) is 11.6 Å². The highest BCUT2D eigenvalue weighted by Gasteiger charge is 2.33. The van der Waals surface area contributed by atoms with Crippen LogP contribution in [0.3, 0.4) is 0 Å². The normalized spacial score (nSPS) is 12.3. The molecule has 0 aliphatic heterocycles. The zero-order valence-corrected chi connectivity index (χ0v) is 21.1. The minimum atomic E-state index is -4.53. The second-order valence-corrected chi connectivity index (χ2v) is 9.30. The number of benzene rings is 2. The number of halogens is 3. The van der Waals surface area contributed by atoms with Gasteiger partial charge in [-0.3, -0.25) is 4.79 Å². The molecule has 38 heavy (non-hydrogen) atoms. The molecule has 2 aromatic carbocycles. The van der Waals surface area contributed by atoms with Crippen molar-refractivity contribution in [3.8, 4) is 11.8 Å². The predicted molar refractivity (Wildman–Crippen MR) is 137 cm³/mol. The van der Waals surface area contributed by atoms with E-state index in [4.69, 9.17) is 5.73 Å². The Morgan fingerprint density at radius 1 is 1.11 bits per heavy atom. The van der Waals surface area contributed by atoms with Crippen molar-refractivity contribution >= 4 is 22.6 Å². The molecule has 0 bridgehead atoms. The number of nitrogen functional groups attached to an aromatic ring is 1. The molecule has 196 valence electrons. The second-order valence-electron chi connectivity index (χ2n) is 9.30. The van der Waals surface area contributed by atoms with Gasteiger partial charge in [-0.25, -0.2) is 14.6 Å². The summed E-state index contributed by atoms with van der Waals surface area (Å²) in [6.45, 7) is 5.49. The lowest BCUT2D eigenvalue weighted by atomic mass is 9.96. The molecule has 1 atom stereocenters. The summed E-state index contributed by atoms with van der Waals surface area (Å²) in [6, 6.07) is 8.92. The average molecular weight is 522 g/mol. The van der Waals surface area contributed by atoms with Crippen LogP contribution in [-0.2, 0) is 19.1 Å². The topological polar surface area (TPSA) is 107 Å². The Kier molecular flexibility index (Phi) is 7.51. The van der Waals surface area contributed by atoms with Crippen LogP contribution in [0.15, 0.2) is 42.7 Å². The maximum Gasteiger partial charge on any atom is 0.416 e. The number of aliphatic hydroxyl groups is 1. The molecule has 0 aliphatic carbocycles. The molecule has 10 heteroatoms. The molecule has 0 aliphatic rings. The smallest absolute Gasteiger partial charge is 0.396 e. The van der Waals surface area contributed by atoms with Crippen molar-refractivity contribution in [1.29, 1.82) is 0 Å². The third-order valence-electron chi connectivity index (χ3n) is 6.20. The van der Waals surface area contributed by atoms with Gasteiger partial charge in [-0.05, 0) is 54.5 Å². The molecule has 0 saturated heterocycles. The fourth-order valence-electron chi connectivity index (χ4n) is 4.03. The molecule has 0 fully saturated rings. The summed E-state index contributed by atoms with van der Waals surface area (Å²) >= 11 is 0. The first-order chi connectivity index (χ1) is 18.0. The van der Waals surface area contributed by atoms with Crippen molar-refractivity contribution in [2.24, 2.45) is 5.92 Å². The highest BCUT2D eigenvalue weighted by Crippen LogP contribution is 2.32. The number of fused-ring (bicyclic) bond motifs is 1. The summed E-state index contributed by atoms with van der Waals surface area (Å²) in [4.78, 5) is 21.1. The minimum Gasteiger partial charge on any atom is -0.396 e. The molecule has 0 radical (unpaired) electrons. The predicted octanol–water partition coefficient (Wildman–Crippen LogP) is 4.50. The Morgan fingerprint density at radius 2 is 1.84 bits per heavy atom. The number of anilines is 1. The molecule has 0 saturated carbocycles. The quantitative estimate of drug-likeness (QED) is 0.286. The fourth-order valence-corrected chi connectivity index (χ4v) is 4.03. The molecule has 7 nitrogen and oxygen atoms in total. The highest BCUT2D eigenvalue weighted by molar-refractivity contribution is 5.98. The number of nitrogens with two attached hydrogens (primary N) is 1. The van der Waals surface area contributed by atoms with E-state index in [1.165, 1.54) is 25.4 Å². The zero-order valence-electron chi connectivity index (χ0n) is 21.1. The van der Waals surface area contributed by atoms with Crippen LogP contribution in [0.2, 0.25) is 0 Å². The van der Waals surface area contributed by atoms with Crippen molar-refractivity contribution in [2.45, 2.75) is 39.9 Å². The fraction of sp³-hybridized carbons (Fsp3) is 0.286. The standard InChI is InChI=1S/C28H26F3N5O2/c1-16(14-37)13-36-27-25(26(32)33-15-34-27)23(35-36)9-8-20-10-19(6-4-17(20)2)11-24(38)21-7-5-18(3)22(12-21)28(29,30)31/h4-7,10,12,15-16,37H,11,13-14H2,1-3H3,(H2,32,33,34)/t16-/m1/s1. The van der Waals surface area contributed by atoms with Gasteiger partial charge in [-0.15, -0.1) is 0 Å². The summed E-state index contributed by atoms with van der Waals surface area (Å²) in [5.41, 5.74) is 8.33. The number of aliphatic hydroxyl groups excluding tert-OH is 1. The van der Waals surface area contributed by atoms with E-state index >= 15 is 0 Å². The molecular weight excluding hydrogens is 495 g/mol. The molecule has 0 amide bonds. The van der Waals surface area contributed by atoms with Gasteiger partial charge < -0.3 is 10.8 Å². The number of hydrogen-bond donors (Lipinski definition) is 2. The minimum absolute atomic E-state index is 0.000673. The maximum absolute atomic E-state index is 13.3. The molecule has 2 aromatic heterocycles. The first kappa shape index (κ1) is 26.8. The van der Waals surface area contributed by atoms with Crippen LogP contribution >= 0.6 is 0 Å². The lowest BCUT2D eigenvalue weighted by Gasteiger charge is -2.12. The number of rotatable bonds is 6. The summed E-state index contributed by atoms with van der Waals surface area (Å²) in [5, 5.41) is 14.5. The Bertz CT molecular complexity index is 1580. The Balaban J connectivity index is 1.64. The third kappa shape index (κ3) is 5.68. The third-order valence-corrected chi connectivity index (χ3v) is 6.20. The molecule has 3 N–H and O–H groups in total. The van der Waals surface area contributed by atoms with Crippen LogP contribution in [0.25, 0.3) is 11.0 Å². The number of ketones is 1. The maximum atomic E-state index is 13.3. The molecule has 4 aromatic rings. The van der Waals surface area contributed by atoms with Gasteiger partial charge in [0.1, 0.15) is 17.8 Å². The summed E-state index contributed by atoms with van der Waals surface area (Å²) < 4.78 is 41.5. The number of aromatic nitrogens is 4.